The predicted octanol–water partition coefficient (Wildman–Crippen LogP) is 3.11. The van der Waals surface area contributed by atoms with E-state index in [2.05, 4.69) is 47.9 Å². The van der Waals surface area contributed by atoms with Gasteiger partial charge in [0, 0.05) is 25.4 Å². The van der Waals surface area contributed by atoms with Crippen LogP contribution in [-0.4, -0.2) is 44.7 Å². The molecule has 0 fully saturated rings. The van der Waals surface area contributed by atoms with Crippen LogP contribution >= 0.6 is 11.8 Å². The number of benzene rings is 1. The maximum atomic E-state index is 5.20. The summed E-state index contributed by atoms with van der Waals surface area (Å²) in [5.41, 5.74) is 1.33. The molecule has 0 radical (unpaired) electrons. The molecule has 1 rings (SSSR count). The molecule has 0 aliphatic heterocycles. The van der Waals surface area contributed by atoms with Gasteiger partial charge in [-0.25, -0.2) is 0 Å². The third-order valence-electron chi connectivity index (χ3n) is 3.46. The van der Waals surface area contributed by atoms with E-state index in [0.717, 1.165) is 43.5 Å². The minimum Gasteiger partial charge on any atom is -0.497 e. The largest absolute Gasteiger partial charge is 0.497 e. The first-order valence-electron chi connectivity index (χ1n) is 7.86. The molecule has 0 bridgehead atoms. The third-order valence-corrected chi connectivity index (χ3v) is 4.07. The zero-order valence-electron chi connectivity index (χ0n) is 14.2. The molecule has 4 nitrogen and oxygen atoms in total. The summed E-state index contributed by atoms with van der Waals surface area (Å²) >= 11 is 1.84. The Morgan fingerprint density at radius 1 is 1.27 bits per heavy atom. The highest BCUT2D eigenvalue weighted by Gasteiger charge is 2.05. The van der Waals surface area contributed by atoms with Crippen LogP contribution in [0.2, 0.25) is 0 Å². The maximum absolute atomic E-state index is 5.20. The van der Waals surface area contributed by atoms with E-state index in [1.807, 2.05) is 23.9 Å². The molecule has 0 saturated carbocycles. The summed E-state index contributed by atoms with van der Waals surface area (Å²) in [6, 6.07) is 8.30. The molecule has 0 amide bonds. The van der Waals surface area contributed by atoms with Crippen LogP contribution in [0.25, 0.3) is 0 Å². The molecule has 1 aromatic carbocycles. The lowest BCUT2D eigenvalue weighted by molar-refractivity contribution is 0.414. The SMILES string of the molecule is CCNC(=NCCC(C)c1ccc(OC)cc1)NCCSC. The van der Waals surface area contributed by atoms with Crippen LogP contribution in [0.5, 0.6) is 5.75 Å². The van der Waals surface area contributed by atoms with Crippen molar-refractivity contribution < 1.29 is 4.74 Å². The Balaban J connectivity index is 2.45. The fraction of sp³-hybridized carbons (Fsp3) is 0.588. The second kappa shape index (κ2) is 11.2. The van der Waals surface area contributed by atoms with E-state index in [-0.39, 0.29) is 0 Å². The Hall–Kier alpha value is -1.36. The number of hydrogen-bond acceptors (Lipinski definition) is 3. The van der Waals surface area contributed by atoms with E-state index >= 15 is 0 Å². The molecule has 0 aliphatic rings. The van der Waals surface area contributed by atoms with Gasteiger partial charge in [0.15, 0.2) is 5.96 Å². The van der Waals surface area contributed by atoms with Crippen molar-refractivity contribution in [3.05, 3.63) is 29.8 Å². The predicted molar refractivity (Wildman–Crippen MR) is 98.4 cm³/mol. The molecule has 0 heterocycles. The Morgan fingerprint density at radius 2 is 2.00 bits per heavy atom. The monoisotopic (exact) mass is 323 g/mol. The number of methoxy groups -OCH3 is 1. The normalized spacial score (nSPS) is 12.8. The standard InChI is InChI=1S/C17H29N3OS/c1-5-18-17(20-12-13-22-4)19-11-10-14(2)15-6-8-16(21-3)9-7-15/h6-9,14H,5,10-13H2,1-4H3,(H2,18,19,20). The quantitative estimate of drug-likeness (QED) is 0.416. The highest BCUT2D eigenvalue weighted by molar-refractivity contribution is 7.98. The Bertz CT molecular complexity index is 434. The third kappa shape index (κ3) is 7.07. The van der Waals surface area contributed by atoms with Gasteiger partial charge in [0.2, 0.25) is 0 Å². The fourth-order valence-electron chi connectivity index (χ4n) is 2.08. The van der Waals surface area contributed by atoms with Gasteiger partial charge in [0.1, 0.15) is 5.75 Å². The lowest BCUT2D eigenvalue weighted by atomic mass is 9.98. The van der Waals surface area contributed by atoms with Crippen molar-refractivity contribution in [3.8, 4) is 5.75 Å². The summed E-state index contributed by atoms with van der Waals surface area (Å²) in [5, 5.41) is 6.63. The molecule has 22 heavy (non-hydrogen) atoms. The number of rotatable bonds is 9. The van der Waals surface area contributed by atoms with Gasteiger partial charge >= 0.3 is 0 Å². The number of hydrogen-bond donors (Lipinski definition) is 2. The number of ether oxygens (including phenoxy) is 1. The van der Waals surface area contributed by atoms with E-state index in [0.29, 0.717) is 5.92 Å². The van der Waals surface area contributed by atoms with E-state index in [4.69, 9.17) is 4.74 Å². The number of thioether (sulfide) groups is 1. The van der Waals surface area contributed by atoms with Crippen LogP contribution < -0.4 is 15.4 Å². The summed E-state index contributed by atoms with van der Waals surface area (Å²) in [6.07, 6.45) is 3.15. The van der Waals surface area contributed by atoms with E-state index in [1.54, 1.807) is 7.11 Å². The molecular weight excluding hydrogens is 294 g/mol. The van der Waals surface area contributed by atoms with Crippen molar-refractivity contribution in [3.63, 3.8) is 0 Å². The zero-order valence-corrected chi connectivity index (χ0v) is 15.0. The van der Waals surface area contributed by atoms with Crippen LogP contribution in [0, 0.1) is 0 Å². The molecular formula is C17H29N3OS. The first kappa shape index (κ1) is 18.7. The van der Waals surface area contributed by atoms with Gasteiger partial charge in [-0.3, -0.25) is 4.99 Å². The van der Waals surface area contributed by atoms with Crippen molar-refractivity contribution in [2.45, 2.75) is 26.2 Å². The van der Waals surface area contributed by atoms with Gasteiger partial charge < -0.3 is 15.4 Å². The van der Waals surface area contributed by atoms with Crippen LogP contribution in [0.3, 0.4) is 0 Å². The second-order valence-corrected chi connectivity index (χ2v) is 6.13. The summed E-state index contributed by atoms with van der Waals surface area (Å²) in [7, 11) is 1.69. The lowest BCUT2D eigenvalue weighted by Gasteiger charge is -2.13. The number of aliphatic imine (C=N–C) groups is 1. The van der Waals surface area contributed by atoms with Crippen LogP contribution in [0.15, 0.2) is 29.3 Å². The Labute approximate surface area is 139 Å². The molecule has 124 valence electrons. The smallest absolute Gasteiger partial charge is 0.191 e. The minimum atomic E-state index is 0.490. The first-order valence-corrected chi connectivity index (χ1v) is 9.25. The van der Waals surface area contributed by atoms with Gasteiger partial charge in [0.25, 0.3) is 0 Å². The van der Waals surface area contributed by atoms with Crippen LogP contribution in [0.1, 0.15) is 31.7 Å². The second-order valence-electron chi connectivity index (χ2n) is 5.14. The Kier molecular flexibility index (Phi) is 9.55. The lowest BCUT2D eigenvalue weighted by Crippen LogP contribution is -2.38. The van der Waals surface area contributed by atoms with E-state index < -0.39 is 0 Å². The molecule has 1 atom stereocenters. The molecule has 1 unspecified atom stereocenters. The molecule has 0 spiro atoms. The van der Waals surface area contributed by atoms with Crippen molar-refractivity contribution in [2.75, 3.05) is 38.8 Å². The zero-order chi connectivity index (χ0) is 16.2. The molecule has 1 aromatic rings. The van der Waals surface area contributed by atoms with Gasteiger partial charge in [-0.05, 0) is 43.2 Å². The number of nitrogens with one attached hydrogen (secondary N) is 2. The number of nitrogens with zero attached hydrogens (tertiary/aromatic N) is 1. The fourth-order valence-corrected chi connectivity index (χ4v) is 2.39. The number of guanidine groups is 1. The molecule has 0 aromatic heterocycles. The highest BCUT2D eigenvalue weighted by Crippen LogP contribution is 2.21. The topological polar surface area (TPSA) is 45.7 Å². The van der Waals surface area contributed by atoms with Crippen LogP contribution in [0.4, 0.5) is 0 Å². The molecule has 0 saturated heterocycles. The average molecular weight is 324 g/mol. The molecule has 5 heteroatoms. The Morgan fingerprint density at radius 3 is 2.59 bits per heavy atom. The average Bonchev–Trinajstić information content (AvgIpc) is 2.55. The van der Waals surface area contributed by atoms with Gasteiger partial charge in [-0.2, -0.15) is 11.8 Å². The van der Waals surface area contributed by atoms with Crippen molar-refractivity contribution in [1.82, 2.24) is 10.6 Å². The molecule has 2 N–H and O–H groups in total. The molecule has 0 aliphatic carbocycles. The minimum absolute atomic E-state index is 0.490. The van der Waals surface area contributed by atoms with Gasteiger partial charge in [0.05, 0.1) is 7.11 Å². The summed E-state index contributed by atoms with van der Waals surface area (Å²) < 4.78 is 5.20. The first-order chi connectivity index (χ1) is 10.7. The van der Waals surface area contributed by atoms with Crippen molar-refractivity contribution in [1.29, 1.82) is 0 Å². The summed E-state index contributed by atoms with van der Waals surface area (Å²) in [5.74, 6) is 3.40. The van der Waals surface area contributed by atoms with Gasteiger partial charge in [-0.1, -0.05) is 19.1 Å². The summed E-state index contributed by atoms with van der Waals surface area (Å²) in [6.45, 7) is 6.99. The van der Waals surface area contributed by atoms with E-state index in [1.165, 1.54) is 5.56 Å². The summed E-state index contributed by atoms with van der Waals surface area (Å²) in [4.78, 5) is 4.64. The van der Waals surface area contributed by atoms with Crippen molar-refractivity contribution in [2.24, 2.45) is 4.99 Å². The highest BCUT2D eigenvalue weighted by atomic mass is 32.2. The van der Waals surface area contributed by atoms with Crippen LogP contribution in [-0.2, 0) is 0 Å². The van der Waals surface area contributed by atoms with Crippen molar-refractivity contribution >= 4 is 17.7 Å². The maximum Gasteiger partial charge on any atom is 0.191 e. The van der Waals surface area contributed by atoms with Gasteiger partial charge in [-0.15, -0.1) is 0 Å². The van der Waals surface area contributed by atoms with E-state index in [9.17, 15) is 0 Å².